The minimum atomic E-state index is 0.228. The van der Waals surface area contributed by atoms with Crippen molar-refractivity contribution in [3.63, 3.8) is 0 Å². The summed E-state index contributed by atoms with van der Waals surface area (Å²) in [5.74, 6) is 1.03. The van der Waals surface area contributed by atoms with Crippen LogP contribution in [0.5, 0.6) is 0 Å². The lowest BCUT2D eigenvalue weighted by Gasteiger charge is -2.28. The van der Waals surface area contributed by atoms with Crippen molar-refractivity contribution in [2.75, 3.05) is 20.1 Å². The molecule has 1 unspecified atom stereocenters. The molecule has 0 heterocycles. The largest absolute Gasteiger partial charge is 0.338 e. The maximum atomic E-state index is 12.4. The van der Waals surface area contributed by atoms with Crippen LogP contribution in [0.25, 0.3) is 0 Å². The predicted molar refractivity (Wildman–Crippen MR) is 82.3 cm³/mol. The van der Waals surface area contributed by atoms with Crippen molar-refractivity contribution in [3.05, 3.63) is 35.9 Å². The zero-order valence-electron chi connectivity index (χ0n) is 12.9. The van der Waals surface area contributed by atoms with Crippen LogP contribution < -0.4 is 0 Å². The molecular weight excluding hydrogens is 248 g/mol. The highest BCUT2D eigenvalue weighted by molar-refractivity contribution is 5.78. The van der Waals surface area contributed by atoms with Crippen molar-refractivity contribution in [2.24, 2.45) is 5.92 Å². The molecule has 0 radical (unpaired) electrons. The van der Waals surface area contributed by atoms with Gasteiger partial charge in [0.2, 0.25) is 5.91 Å². The fourth-order valence-corrected chi connectivity index (χ4v) is 2.58. The summed E-state index contributed by atoms with van der Waals surface area (Å²) < 4.78 is 0. The van der Waals surface area contributed by atoms with E-state index in [2.05, 4.69) is 31.0 Å². The van der Waals surface area contributed by atoms with Crippen LogP contribution >= 0.6 is 0 Å². The molecule has 2 rings (SSSR count). The molecular formula is C17H26N2O. The fraction of sp³-hybridized carbons (Fsp3) is 0.588. The van der Waals surface area contributed by atoms with Gasteiger partial charge in [-0.1, -0.05) is 30.3 Å². The molecule has 1 amide bonds. The first-order valence-corrected chi connectivity index (χ1v) is 7.63. The molecule has 1 aromatic carbocycles. The zero-order chi connectivity index (χ0) is 14.5. The van der Waals surface area contributed by atoms with Gasteiger partial charge in [0.25, 0.3) is 0 Å². The van der Waals surface area contributed by atoms with Crippen molar-refractivity contribution in [2.45, 2.75) is 39.3 Å². The lowest BCUT2D eigenvalue weighted by Crippen LogP contribution is -2.42. The van der Waals surface area contributed by atoms with Crippen LogP contribution in [0.3, 0.4) is 0 Å². The van der Waals surface area contributed by atoms with Crippen LogP contribution in [0.4, 0.5) is 0 Å². The second-order valence-corrected chi connectivity index (χ2v) is 5.89. The van der Waals surface area contributed by atoms with Gasteiger partial charge in [-0.25, -0.2) is 0 Å². The van der Waals surface area contributed by atoms with Gasteiger partial charge in [-0.05, 0) is 45.2 Å². The van der Waals surface area contributed by atoms with Crippen molar-refractivity contribution in [1.82, 2.24) is 9.80 Å². The van der Waals surface area contributed by atoms with E-state index in [9.17, 15) is 4.79 Å². The molecule has 0 aliphatic heterocycles. The summed E-state index contributed by atoms with van der Waals surface area (Å²) in [7, 11) is 2.07. The van der Waals surface area contributed by atoms with E-state index in [0.717, 1.165) is 12.5 Å². The Bertz CT molecular complexity index is 428. The predicted octanol–water partition coefficient (Wildman–Crippen LogP) is 2.77. The molecule has 1 fully saturated rings. The Morgan fingerprint density at radius 2 is 1.95 bits per heavy atom. The van der Waals surface area contributed by atoms with Crippen molar-refractivity contribution < 1.29 is 4.79 Å². The van der Waals surface area contributed by atoms with E-state index in [4.69, 9.17) is 0 Å². The molecule has 0 saturated heterocycles. The van der Waals surface area contributed by atoms with Crippen LogP contribution in [0.15, 0.2) is 30.3 Å². The van der Waals surface area contributed by atoms with Crippen LogP contribution in [-0.2, 0) is 11.3 Å². The Hall–Kier alpha value is -1.35. The number of hydrogen-bond donors (Lipinski definition) is 0. The number of benzene rings is 1. The van der Waals surface area contributed by atoms with Gasteiger partial charge in [0.15, 0.2) is 0 Å². The Labute approximate surface area is 122 Å². The van der Waals surface area contributed by atoms with Gasteiger partial charge in [-0.15, -0.1) is 0 Å². The first kappa shape index (κ1) is 15.0. The molecule has 1 aliphatic rings. The number of hydrogen-bond acceptors (Lipinski definition) is 2. The summed E-state index contributed by atoms with van der Waals surface area (Å²) >= 11 is 0. The Morgan fingerprint density at radius 1 is 1.30 bits per heavy atom. The second-order valence-electron chi connectivity index (χ2n) is 5.89. The Kier molecular flexibility index (Phi) is 5.18. The highest BCUT2D eigenvalue weighted by Gasteiger charge is 2.31. The molecule has 110 valence electrons. The molecule has 20 heavy (non-hydrogen) atoms. The Balaban J connectivity index is 1.88. The van der Waals surface area contributed by atoms with Crippen LogP contribution in [-0.4, -0.2) is 41.9 Å². The number of carbonyl (C=O) groups is 1. The maximum absolute atomic E-state index is 12.4. The SMILES string of the molecule is CCN(Cc1ccccc1)C(=O)CN(C)C(C)C1CC1. The Morgan fingerprint density at radius 3 is 2.50 bits per heavy atom. The van der Waals surface area contributed by atoms with Gasteiger partial charge in [-0.2, -0.15) is 0 Å². The average Bonchev–Trinajstić information content (AvgIpc) is 3.29. The third-order valence-electron chi connectivity index (χ3n) is 4.33. The van der Waals surface area contributed by atoms with Gasteiger partial charge in [-0.3, -0.25) is 9.69 Å². The second kappa shape index (κ2) is 6.89. The molecule has 0 bridgehead atoms. The smallest absolute Gasteiger partial charge is 0.237 e. The van der Waals surface area contributed by atoms with Crippen molar-refractivity contribution >= 4 is 5.91 Å². The van der Waals surface area contributed by atoms with Crippen molar-refractivity contribution in [1.29, 1.82) is 0 Å². The lowest BCUT2D eigenvalue weighted by atomic mass is 10.2. The summed E-state index contributed by atoms with van der Waals surface area (Å²) in [4.78, 5) is 16.6. The number of nitrogens with zero attached hydrogens (tertiary/aromatic N) is 2. The number of rotatable bonds is 7. The molecule has 0 N–H and O–H groups in total. The lowest BCUT2D eigenvalue weighted by molar-refractivity contribution is -0.133. The van der Waals surface area contributed by atoms with Gasteiger partial charge >= 0.3 is 0 Å². The summed E-state index contributed by atoms with van der Waals surface area (Å²) in [6.07, 6.45) is 2.64. The highest BCUT2D eigenvalue weighted by Crippen LogP contribution is 2.34. The van der Waals surface area contributed by atoms with E-state index in [1.807, 2.05) is 30.0 Å². The zero-order valence-corrected chi connectivity index (χ0v) is 12.9. The molecule has 0 spiro atoms. The molecule has 3 nitrogen and oxygen atoms in total. The minimum absolute atomic E-state index is 0.228. The van der Waals surface area contributed by atoms with E-state index < -0.39 is 0 Å². The van der Waals surface area contributed by atoms with Gasteiger partial charge in [0.1, 0.15) is 0 Å². The summed E-state index contributed by atoms with van der Waals surface area (Å²) in [5.41, 5.74) is 1.19. The molecule has 1 aromatic rings. The summed E-state index contributed by atoms with van der Waals surface area (Å²) in [6.45, 7) is 6.28. The van der Waals surface area contributed by atoms with Crippen LogP contribution in [0.2, 0.25) is 0 Å². The maximum Gasteiger partial charge on any atom is 0.237 e. The van der Waals surface area contributed by atoms with E-state index in [1.165, 1.54) is 18.4 Å². The third-order valence-corrected chi connectivity index (χ3v) is 4.33. The average molecular weight is 274 g/mol. The fourth-order valence-electron chi connectivity index (χ4n) is 2.58. The van der Waals surface area contributed by atoms with Crippen LogP contribution in [0.1, 0.15) is 32.3 Å². The topological polar surface area (TPSA) is 23.6 Å². The molecule has 1 saturated carbocycles. The van der Waals surface area contributed by atoms with E-state index in [-0.39, 0.29) is 5.91 Å². The van der Waals surface area contributed by atoms with Gasteiger partial charge in [0.05, 0.1) is 6.54 Å². The van der Waals surface area contributed by atoms with E-state index in [1.54, 1.807) is 0 Å². The standard InChI is InChI=1S/C17H26N2O/c1-4-19(12-15-8-6-5-7-9-15)17(20)13-18(3)14(2)16-10-11-16/h5-9,14,16H,4,10-13H2,1-3H3. The molecule has 1 atom stereocenters. The first-order valence-electron chi connectivity index (χ1n) is 7.63. The first-order chi connectivity index (χ1) is 9.61. The number of carbonyl (C=O) groups excluding carboxylic acids is 1. The monoisotopic (exact) mass is 274 g/mol. The minimum Gasteiger partial charge on any atom is -0.338 e. The molecule has 0 aromatic heterocycles. The van der Waals surface area contributed by atoms with Gasteiger partial charge < -0.3 is 4.90 Å². The van der Waals surface area contributed by atoms with E-state index in [0.29, 0.717) is 19.1 Å². The number of amides is 1. The normalized spacial score (nSPS) is 16.2. The molecule has 3 heteroatoms. The highest BCUT2D eigenvalue weighted by atomic mass is 16.2. The third kappa shape index (κ3) is 4.07. The van der Waals surface area contributed by atoms with Crippen molar-refractivity contribution in [3.8, 4) is 0 Å². The van der Waals surface area contributed by atoms with Gasteiger partial charge in [0, 0.05) is 19.1 Å². The molecule has 1 aliphatic carbocycles. The number of likely N-dealkylation sites (N-methyl/N-ethyl adjacent to an activating group) is 2. The summed E-state index contributed by atoms with van der Waals surface area (Å²) in [5, 5.41) is 0. The summed E-state index contributed by atoms with van der Waals surface area (Å²) in [6, 6.07) is 10.7. The quantitative estimate of drug-likeness (QED) is 0.763. The van der Waals surface area contributed by atoms with E-state index >= 15 is 0 Å². The van der Waals surface area contributed by atoms with Crippen LogP contribution in [0, 0.1) is 5.92 Å².